The van der Waals surface area contributed by atoms with E-state index in [9.17, 15) is 4.79 Å². The van der Waals surface area contributed by atoms with Gasteiger partial charge in [0.15, 0.2) is 0 Å². The molecule has 0 aliphatic heterocycles. The van der Waals surface area contributed by atoms with Gasteiger partial charge in [0.2, 0.25) is 5.91 Å². The summed E-state index contributed by atoms with van der Waals surface area (Å²) in [6.45, 7) is 1.75. The lowest BCUT2D eigenvalue weighted by molar-refractivity contribution is -0.129. The van der Waals surface area contributed by atoms with Gasteiger partial charge in [0.05, 0.1) is 6.07 Å². The Labute approximate surface area is 109 Å². The summed E-state index contributed by atoms with van der Waals surface area (Å²) in [5.74, 6) is 2.75. The van der Waals surface area contributed by atoms with E-state index in [4.69, 9.17) is 5.26 Å². The fraction of sp³-hybridized carbons (Fsp3) is 0.867. The predicted octanol–water partition coefficient (Wildman–Crippen LogP) is 2.62. The average molecular weight is 246 g/mol. The molecule has 1 N–H and O–H groups in total. The minimum Gasteiger partial charge on any atom is -0.341 e. The van der Waals surface area contributed by atoms with Crippen LogP contribution in [0.4, 0.5) is 0 Å². The molecule has 1 amide bonds. The summed E-state index contributed by atoms with van der Waals surface area (Å²) in [7, 11) is 0. The van der Waals surface area contributed by atoms with Crippen LogP contribution in [0.2, 0.25) is 0 Å². The highest BCUT2D eigenvalue weighted by Crippen LogP contribution is 2.61. The standard InChI is InChI=1S/C15H22N2O/c1-10(9-16)17-14(18)8-15-5-11-2-12(6-15)4-13(3-11)7-15/h10-13H,2-8H2,1H3,(H,17,18). The van der Waals surface area contributed by atoms with Crippen molar-refractivity contribution in [3.8, 4) is 6.07 Å². The molecule has 0 aromatic rings. The van der Waals surface area contributed by atoms with Gasteiger partial charge in [-0.15, -0.1) is 0 Å². The van der Waals surface area contributed by atoms with E-state index in [1.54, 1.807) is 6.92 Å². The number of hydrogen-bond acceptors (Lipinski definition) is 2. The number of hydrogen-bond donors (Lipinski definition) is 1. The zero-order chi connectivity index (χ0) is 12.8. The first-order valence-corrected chi connectivity index (χ1v) is 7.27. The topological polar surface area (TPSA) is 52.9 Å². The van der Waals surface area contributed by atoms with Crippen LogP contribution >= 0.6 is 0 Å². The minimum absolute atomic E-state index is 0.0889. The molecule has 1 unspecified atom stereocenters. The molecule has 0 aromatic carbocycles. The number of nitrogens with zero attached hydrogens (tertiary/aromatic N) is 1. The van der Waals surface area contributed by atoms with Crippen molar-refractivity contribution < 1.29 is 4.79 Å². The molecule has 0 heterocycles. The minimum atomic E-state index is -0.355. The lowest BCUT2D eigenvalue weighted by atomic mass is 9.49. The van der Waals surface area contributed by atoms with Gasteiger partial charge in [0, 0.05) is 6.42 Å². The molecule has 98 valence electrons. The van der Waals surface area contributed by atoms with E-state index >= 15 is 0 Å². The van der Waals surface area contributed by atoms with Gasteiger partial charge >= 0.3 is 0 Å². The summed E-state index contributed by atoms with van der Waals surface area (Å²) < 4.78 is 0. The van der Waals surface area contributed by atoms with Crippen molar-refractivity contribution in [2.24, 2.45) is 23.2 Å². The van der Waals surface area contributed by atoms with Gasteiger partial charge in [0.1, 0.15) is 6.04 Å². The van der Waals surface area contributed by atoms with Crippen LogP contribution in [0.25, 0.3) is 0 Å². The Morgan fingerprint density at radius 2 is 1.78 bits per heavy atom. The molecule has 4 bridgehead atoms. The summed E-state index contributed by atoms with van der Waals surface area (Å²) in [6, 6.07) is 1.72. The van der Waals surface area contributed by atoms with Crippen LogP contribution in [0.5, 0.6) is 0 Å². The van der Waals surface area contributed by atoms with Gasteiger partial charge in [-0.25, -0.2) is 0 Å². The van der Waals surface area contributed by atoms with Crippen LogP contribution in [0.1, 0.15) is 51.9 Å². The second-order valence-electron chi connectivity index (χ2n) is 7.01. The summed E-state index contributed by atoms with van der Waals surface area (Å²) in [5.41, 5.74) is 0.286. The van der Waals surface area contributed by atoms with Gasteiger partial charge in [0.25, 0.3) is 0 Å². The van der Waals surface area contributed by atoms with Crippen LogP contribution in [-0.2, 0) is 4.79 Å². The Bertz CT molecular complexity index is 361. The first-order valence-electron chi connectivity index (χ1n) is 7.27. The lowest BCUT2D eigenvalue weighted by Crippen LogP contribution is -2.48. The summed E-state index contributed by atoms with van der Waals surface area (Å²) in [5, 5.41) is 11.6. The quantitative estimate of drug-likeness (QED) is 0.832. The molecule has 3 nitrogen and oxygen atoms in total. The molecule has 4 fully saturated rings. The first-order chi connectivity index (χ1) is 8.58. The number of amides is 1. The number of nitriles is 1. The van der Waals surface area contributed by atoms with Crippen LogP contribution in [0.3, 0.4) is 0 Å². The van der Waals surface area contributed by atoms with E-state index < -0.39 is 0 Å². The third-order valence-corrected chi connectivity index (χ3v) is 5.27. The van der Waals surface area contributed by atoms with Crippen LogP contribution in [-0.4, -0.2) is 11.9 Å². The molecule has 0 saturated heterocycles. The summed E-state index contributed by atoms with van der Waals surface area (Å²) >= 11 is 0. The fourth-order valence-electron chi connectivity index (χ4n) is 5.17. The monoisotopic (exact) mass is 246 g/mol. The van der Waals surface area contributed by atoms with Crippen LogP contribution < -0.4 is 5.32 Å². The number of carbonyl (C=O) groups excluding carboxylic acids is 1. The van der Waals surface area contributed by atoms with Crippen molar-refractivity contribution in [1.29, 1.82) is 5.26 Å². The Hall–Kier alpha value is -1.04. The second kappa shape index (κ2) is 4.26. The van der Waals surface area contributed by atoms with Gasteiger partial charge < -0.3 is 5.32 Å². The van der Waals surface area contributed by atoms with E-state index in [0.717, 1.165) is 17.8 Å². The average Bonchev–Trinajstić information content (AvgIpc) is 2.25. The zero-order valence-corrected chi connectivity index (χ0v) is 11.1. The summed E-state index contributed by atoms with van der Waals surface area (Å²) in [4.78, 5) is 12.0. The number of rotatable bonds is 3. The molecular formula is C15H22N2O. The van der Waals surface area contributed by atoms with Crippen molar-refractivity contribution in [2.45, 2.75) is 57.9 Å². The normalized spacial score (nSPS) is 42.3. The molecule has 3 heteroatoms. The second-order valence-corrected chi connectivity index (χ2v) is 7.01. The number of carbonyl (C=O) groups is 1. The molecule has 4 aliphatic carbocycles. The van der Waals surface area contributed by atoms with Crippen LogP contribution in [0.15, 0.2) is 0 Å². The Morgan fingerprint density at radius 3 is 2.22 bits per heavy atom. The Morgan fingerprint density at radius 1 is 1.28 bits per heavy atom. The molecule has 1 atom stereocenters. The first kappa shape index (κ1) is 12.0. The highest BCUT2D eigenvalue weighted by atomic mass is 16.1. The van der Waals surface area contributed by atoms with Gasteiger partial charge in [-0.3, -0.25) is 4.79 Å². The lowest BCUT2D eigenvalue weighted by Gasteiger charge is -2.56. The molecule has 18 heavy (non-hydrogen) atoms. The highest BCUT2D eigenvalue weighted by Gasteiger charge is 2.51. The maximum Gasteiger partial charge on any atom is 0.221 e. The van der Waals surface area contributed by atoms with Crippen molar-refractivity contribution in [1.82, 2.24) is 5.32 Å². The predicted molar refractivity (Wildman–Crippen MR) is 68.4 cm³/mol. The highest BCUT2D eigenvalue weighted by molar-refractivity contribution is 5.77. The SMILES string of the molecule is CC(C#N)NC(=O)CC12CC3CC(CC(C3)C1)C2. The van der Waals surface area contributed by atoms with Gasteiger partial charge in [-0.1, -0.05) is 0 Å². The Balaban J connectivity index is 1.65. The molecule has 4 rings (SSSR count). The van der Waals surface area contributed by atoms with Crippen LogP contribution in [0, 0.1) is 34.5 Å². The van der Waals surface area contributed by atoms with E-state index in [1.807, 2.05) is 0 Å². The maximum atomic E-state index is 12.0. The molecule has 0 radical (unpaired) electrons. The smallest absolute Gasteiger partial charge is 0.221 e. The van der Waals surface area contributed by atoms with Crippen molar-refractivity contribution in [2.75, 3.05) is 0 Å². The molecule has 0 aromatic heterocycles. The third-order valence-electron chi connectivity index (χ3n) is 5.27. The molecule has 0 spiro atoms. The summed E-state index contributed by atoms with van der Waals surface area (Å²) in [6.07, 6.45) is 8.66. The van der Waals surface area contributed by atoms with Crippen molar-refractivity contribution in [3.63, 3.8) is 0 Å². The molecule has 4 aliphatic rings. The third kappa shape index (κ3) is 2.13. The Kier molecular flexibility index (Phi) is 2.84. The fourth-order valence-corrected chi connectivity index (χ4v) is 5.17. The largest absolute Gasteiger partial charge is 0.341 e. The van der Waals surface area contributed by atoms with Gasteiger partial charge in [-0.05, 0) is 68.6 Å². The molecule has 4 saturated carbocycles. The zero-order valence-electron chi connectivity index (χ0n) is 11.1. The van der Waals surface area contributed by atoms with E-state index in [-0.39, 0.29) is 17.4 Å². The van der Waals surface area contributed by atoms with Crippen molar-refractivity contribution in [3.05, 3.63) is 0 Å². The van der Waals surface area contributed by atoms with E-state index in [1.165, 1.54) is 38.5 Å². The van der Waals surface area contributed by atoms with Crippen molar-refractivity contribution >= 4 is 5.91 Å². The molecular weight excluding hydrogens is 224 g/mol. The van der Waals surface area contributed by atoms with Gasteiger partial charge in [-0.2, -0.15) is 5.26 Å². The van der Waals surface area contributed by atoms with E-state index in [2.05, 4.69) is 11.4 Å². The number of nitrogens with one attached hydrogen (secondary N) is 1. The maximum absolute atomic E-state index is 12.0. The van der Waals surface area contributed by atoms with E-state index in [0.29, 0.717) is 6.42 Å².